The maximum absolute atomic E-state index is 10.4. The fourth-order valence-corrected chi connectivity index (χ4v) is 0.466. The van der Waals surface area contributed by atoms with E-state index in [4.69, 9.17) is 10.8 Å². The van der Waals surface area contributed by atoms with Crippen LogP contribution in [0.3, 0.4) is 0 Å². The molecule has 10 heavy (non-hydrogen) atoms. The summed E-state index contributed by atoms with van der Waals surface area (Å²) in [6.45, 7) is 0.659. The number of rotatable bonds is 3. The minimum absolute atomic E-state index is 0.133. The maximum atomic E-state index is 10.4. The van der Waals surface area contributed by atoms with Gasteiger partial charge >= 0.3 is 6.03 Å². The van der Waals surface area contributed by atoms with Crippen LogP contribution in [-0.4, -0.2) is 35.1 Å². The fraction of sp³-hybridized carbons (Fsp3) is 0.600. The number of aliphatic hydroxyl groups is 1. The van der Waals surface area contributed by atoms with Crippen molar-refractivity contribution in [1.29, 1.82) is 0 Å². The van der Waals surface area contributed by atoms with Gasteiger partial charge in [0.15, 0.2) is 0 Å². The SMILES string of the molecule is CC(=O)CN(CO)C(N)=O. The molecule has 0 heterocycles. The molecule has 0 spiro atoms. The van der Waals surface area contributed by atoms with Gasteiger partial charge in [0.1, 0.15) is 12.5 Å². The lowest BCUT2D eigenvalue weighted by Gasteiger charge is -2.14. The molecular weight excluding hydrogens is 136 g/mol. The number of aliphatic hydroxyl groups excluding tert-OH is 1. The monoisotopic (exact) mass is 146 g/mol. The summed E-state index contributed by atoms with van der Waals surface area (Å²) in [5, 5.41) is 8.42. The number of nitrogens with zero attached hydrogens (tertiary/aromatic N) is 1. The number of Topliss-reactive ketones (excluding diaryl/α,β-unsaturated/α-hetero) is 1. The number of carbonyl (C=O) groups is 2. The Morgan fingerprint density at radius 2 is 2.10 bits per heavy atom. The van der Waals surface area contributed by atoms with Gasteiger partial charge in [-0.1, -0.05) is 0 Å². The van der Waals surface area contributed by atoms with E-state index in [1.54, 1.807) is 0 Å². The van der Waals surface area contributed by atoms with Crippen molar-refractivity contribution < 1.29 is 14.7 Å². The predicted octanol–water partition coefficient (Wildman–Crippen LogP) is -1.09. The lowest BCUT2D eigenvalue weighted by molar-refractivity contribution is -0.118. The minimum Gasteiger partial charge on any atom is -0.376 e. The quantitative estimate of drug-likeness (QED) is 0.496. The van der Waals surface area contributed by atoms with Gasteiger partial charge in [0, 0.05) is 0 Å². The first-order valence-electron chi connectivity index (χ1n) is 2.72. The largest absolute Gasteiger partial charge is 0.376 e. The van der Waals surface area contributed by atoms with Gasteiger partial charge in [-0.3, -0.25) is 9.69 Å². The highest BCUT2D eigenvalue weighted by molar-refractivity contribution is 5.82. The zero-order valence-electron chi connectivity index (χ0n) is 5.70. The third kappa shape index (κ3) is 3.03. The topological polar surface area (TPSA) is 83.6 Å². The van der Waals surface area contributed by atoms with E-state index in [1.165, 1.54) is 6.92 Å². The van der Waals surface area contributed by atoms with Crippen molar-refractivity contribution in [3.63, 3.8) is 0 Å². The summed E-state index contributed by atoms with van der Waals surface area (Å²) in [5.74, 6) is -0.215. The van der Waals surface area contributed by atoms with Gasteiger partial charge < -0.3 is 10.8 Å². The molecule has 0 aromatic carbocycles. The molecule has 5 nitrogen and oxygen atoms in total. The molecule has 0 atom stereocenters. The zero-order valence-corrected chi connectivity index (χ0v) is 5.70. The second-order valence-electron chi connectivity index (χ2n) is 1.88. The number of hydrogen-bond donors (Lipinski definition) is 2. The molecule has 2 amide bonds. The third-order valence-electron chi connectivity index (χ3n) is 0.896. The zero-order chi connectivity index (χ0) is 8.15. The molecule has 0 aliphatic rings. The number of urea groups is 1. The Morgan fingerprint density at radius 1 is 1.60 bits per heavy atom. The number of amides is 2. The normalized spacial score (nSPS) is 9.00. The van der Waals surface area contributed by atoms with Gasteiger partial charge in [0.2, 0.25) is 0 Å². The maximum Gasteiger partial charge on any atom is 0.317 e. The van der Waals surface area contributed by atoms with Crippen LogP contribution >= 0.6 is 0 Å². The van der Waals surface area contributed by atoms with E-state index in [-0.39, 0.29) is 12.3 Å². The van der Waals surface area contributed by atoms with Crippen LogP contribution in [0.15, 0.2) is 0 Å². The summed E-state index contributed by atoms with van der Waals surface area (Å²) < 4.78 is 0. The van der Waals surface area contributed by atoms with E-state index >= 15 is 0 Å². The molecule has 0 rings (SSSR count). The van der Waals surface area contributed by atoms with Crippen LogP contribution in [0.4, 0.5) is 4.79 Å². The fourth-order valence-electron chi connectivity index (χ4n) is 0.466. The molecule has 0 radical (unpaired) electrons. The Balaban J connectivity index is 3.83. The van der Waals surface area contributed by atoms with Gasteiger partial charge in [0.25, 0.3) is 0 Å². The molecule has 3 N–H and O–H groups in total. The standard InChI is InChI=1S/C5H10N2O3/c1-4(9)2-7(3-8)5(6)10/h8H,2-3H2,1H3,(H2,6,10). The summed E-state index contributed by atoms with van der Waals surface area (Å²) in [4.78, 5) is 21.5. The van der Waals surface area contributed by atoms with Gasteiger partial charge in [-0.2, -0.15) is 0 Å². The summed E-state index contributed by atoms with van der Waals surface area (Å²) in [6.07, 6.45) is 0. The highest BCUT2D eigenvalue weighted by atomic mass is 16.3. The van der Waals surface area contributed by atoms with Gasteiger partial charge in [-0.25, -0.2) is 4.79 Å². The molecular formula is C5H10N2O3. The van der Waals surface area contributed by atoms with E-state index in [0.717, 1.165) is 4.90 Å². The van der Waals surface area contributed by atoms with Crippen molar-refractivity contribution >= 4 is 11.8 Å². The van der Waals surface area contributed by atoms with Crippen LogP contribution in [0.5, 0.6) is 0 Å². The highest BCUT2D eigenvalue weighted by Gasteiger charge is 2.08. The molecule has 0 fully saturated rings. The van der Waals surface area contributed by atoms with E-state index in [1.807, 2.05) is 0 Å². The Morgan fingerprint density at radius 3 is 2.20 bits per heavy atom. The number of carbonyl (C=O) groups excluding carboxylic acids is 2. The predicted molar refractivity (Wildman–Crippen MR) is 34.1 cm³/mol. The van der Waals surface area contributed by atoms with Crippen LogP contribution in [-0.2, 0) is 4.79 Å². The summed E-state index contributed by atoms with van der Waals surface area (Å²) in [7, 11) is 0. The van der Waals surface area contributed by atoms with Gasteiger partial charge in [0.05, 0.1) is 6.54 Å². The molecule has 5 heteroatoms. The Kier molecular flexibility index (Phi) is 3.42. The summed E-state index contributed by atoms with van der Waals surface area (Å²) >= 11 is 0. The Bertz CT molecular complexity index is 146. The number of nitrogens with two attached hydrogens (primary N) is 1. The van der Waals surface area contributed by atoms with E-state index in [9.17, 15) is 9.59 Å². The Hall–Kier alpha value is -1.10. The van der Waals surface area contributed by atoms with Crippen molar-refractivity contribution in [2.24, 2.45) is 5.73 Å². The second kappa shape index (κ2) is 3.84. The van der Waals surface area contributed by atoms with Crippen molar-refractivity contribution in [3.8, 4) is 0 Å². The molecule has 0 saturated carbocycles. The average molecular weight is 146 g/mol. The average Bonchev–Trinajstić information content (AvgIpc) is 1.81. The molecule has 0 unspecified atom stereocenters. The van der Waals surface area contributed by atoms with Crippen molar-refractivity contribution in [1.82, 2.24) is 4.90 Å². The van der Waals surface area contributed by atoms with E-state index < -0.39 is 12.8 Å². The molecule has 0 bridgehead atoms. The van der Waals surface area contributed by atoms with E-state index in [2.05, 4.69) is 0 Å². The molecule has 0 aromatic rings. The third-order valence-corrected chi connectivity index (χ3v) is 0.896. The van der Waals surface area contributed by atoms with Gasteiger partial charge in [-0.05, 0) is 6.92 Å². The van der Waals surface area contributed by atoms with Crippen LogP contribution < -0.4 is 5.73 Å². The van der Waals surface area contributed by atoms with Crippen LogP contribution in [0.25, 0.3) is 0 Å². The van der Waals surface area contributed by atoms with Crippen LogP contribution in [0, 0.1) is 0 Å². The smallest absolute Gasteiger partial charge is 0.317 e. The highest BCUT2D eigenvalue weighted by Crippen LogP contribution is 1.84. The summed E-state index contributed by atoms with van der Waals surface area (Å²) in [5.41, 5.74) is 4.77. The molecule has 0 aliphatic carbocycles. The van der Waals surface area contributed by atoms with Crippen LogP contribution in [0.2, 0.25) is 0 Å². The molecule has 0 aromatic heterocycles. The second-order valence-corrected chi connectivity index (χ2v) is 1.88. The van der Waals surface area contributed by atoms with Crippen LogP contribution in [0.1, 0.15) is 6.92 Å². The number of primary amides is 1. The molecule has 0 saturated heterocycles. The van der Waals surface area contributed by atoms with E-state index in [0.29, 0.717) is 0 Å². The molecule has 58 valence electrons. The first kappa shape index (κ1) is 8.90. The molecule has 0 aliphatic heterocycles. The van der Waals surface area contributed by atoms with Crippen molar-refractivity contribution in [2.45, 2.75) is 6.92 Å². The lowest BCUT2D eigenvalue weighted by Crippen LogP contribution is -2.39. The first-order valence-corrected chi connectivity index (χ1v) is 2.72. The number of ketones is 1. The van der Waals surface area contributed by atoms with Crippen molar-refractivity contribution in [3.05, 3.63) is 0 Å². The lowest BCUT2D eigenvalue weighted by atomic mass is 10.4. The summed E-state index contributed by atoms with van der Waals surface area (Å²) in [6, 6.07) is -0.794. The van der Waals surface area contributed by atoms with Gasteiger partial charge in [-0.15, -0.1) is 0 Å². The first-order chi connectivity index (χ1) is 4.57. The van der Waals surface area contributed by atoms with Crippen molar-refractivity contribution in [2.75, 3.05) is 13.3 Å². The minimum atomic E-state index is -0.794. The Labute approximate surface area is 58.4 Å². The number of hydrogen-bond acceptors (Lipinski definition) is 3.